The van der Waals surface area contributed by atoms with Gasteiger partial charge in [0.2, 0.25) is 5.43 Å². The number of aromatic nitrogens is 2. The van der Waals surface area contributed by atoms with Gasteiger partial charge in [-0.3, -0.25) is 14.2 Å². The summed E-state index contributed by atoms with van der Waals surface area (Å²) in [4.78, 5) is 25.8. The van der Waals surface area contributed by atoms with Crippen LogP contribution in [0.1, 0.15) is 0 Å². The van der Waals surface area contributed by atoms with Crippen LogP contribution < -0.4 is 21.0 Å². The standard InChI is InChI=1S/C19H18ClFIN3O5/c1-24-6-13(30-8-10(27)7-26)17(28)14-16(15(20)19(29)25(2)18(14)24)23-12-4-3-9(22)5-11(12)21/h3-6,10,23,26-27H,7-8H2,1-2H3/t10-/m1/s1. The molecule has 3 aromatic rings. The molecular weight excluding hydrogens is 532 g/mol. The molecule has 3 rings (SSSR count). The molecule has 30 heavy (non-hydrogen) atoms. The van der Waals surface area contributed by atoms with E-state index in [4.69, 9.17) is 21.4 Å². The van der Waals surface area contributed by atoms with Crippen molar-refractivity contribution in [1.29, 1.82) is 0 Å². The second kappa shape index (κ2) is 8.92. The minimum absolute atomic E-state index is 0.0125. The number of benzene rings is 1. The van der Waals surface area contributed by atoms with E-state index in [0.29, 0.717) is 3.57 Å². The number of aliphatic hydroxyl groups excluding tert-OH is 2. The lowest BCUT2D eigenvalue weighted by Crippen LogP contribution is -2.27. The first-order valence-electron chi connectivity index (χ1n) is 8.71. The molecule has 0 saturated carbocycles. The highest BCUT2D eigenvalue weighted by Crippen LogP contribution is 2.31. The third-order valence-corrected chi connectivity index (χ3v) is 5.45. The number of hydrogen-bond donors (Lipinski definition) is 3. The number of fused-ring (bicyclic) bond motifs is 1. The Balaban J connectivity index is 2.28. The van der Waals surface area contributed by atoms with E-state index in [-0.39, 0.29) is 39.8 Å². The van der Waals surface area contributed by atoms with Gasteiger partial charge in [0.05, 0.1) is 29.6 Å². The number of halogens is 3. The molecule has 0 amide bonds. The minimum Gasteiger partial charge on any atom is -0.485 e. The maximum atomic E-state index is 14.4. The fraction of sp³-hybridized carbons (Fsp3) is 0.263. The van der Waals surface area contributed by atoms with Crippen LogP contribution in [0.15, 0.2) is 34.0 Å². The van der Waals surface area contributed by atoms with Crippen molar-refractivity contribution in [2.24, 2.45) is 14.1 Å². The molecule has 11 heteroatoms. The molecule has 0 aliphatic carbocycles. The molecule has 1 aromatic carbocycles. The van der Waals surface area contributed by atoms with Gasteiger partial charge in [-0.05, 0) is 40.8 Å². The van der Waals surface area contributed by atoms with Gasteiger partial charge in [0.1, 0.15) is 29.2 Å². The summed E-state index contributed by atoms with van der Waals surface area (Å²) in [6.07, 6.45) is 0.185. The Hall–Kier alpha value is -2.15. The molecule has 1 atom stereocenters. The summed E-state index contributed by atoms with van der Waals surface area (Å²) in [5.41, 5.74) is -0.964. The lowest BCUT2D eigenvalue weighted by atomic mass is 10.2. The Bertz CT molecular complexity index is 1240. The number of nitrogens with one attached hydrogen (secondary N) is 1. The topological polar surface area (TPSA) is 106 Å². The van der Waals surface area contributed by atoms with Gasteiger partial charge in [-0.1, -0.05) is 11.6 Å². The maximum absolute atomic E-state index is 14.4. The highest BCUT2D eigenvalue weighted by molar-refractivity contribution is 14.1. The number of nitrogens with zero attached hydrogens (tertiary/aromatic N) is 2. The van der Waals surface area contributed by atoms with Gasteiger partial charge >= 0.3 is 0 Å². The molecule has 0 spiro atoms. The van der Waals surface area contributed by atoms with Crippen LogP contribution in [-0.2, 0) is 14.1 Å². The Morgan fingerprint density at radius 1 is 1.33 bits per heavy atom. The summed E-state index contributed by atoms with van der Waals surface area (Å²) in [5, 5.41) is 21.0. The predicted molar refractivity (Wildman–Crippen MR) is 120 cm³/mol. The maximum Gasteiger partial charge on any atom is 0.272 e. The van der Waals surface area contributed by atoms with E-state index in [9.17, 15) is 19.1 Å². The van der Waals surface area contributed by atoms with E-state index >= 15 is 0 Å². The summed E-state index contributed by atoms with van der Waals surface area (Å²) in [6, 6.07) is 4.42. The van der Waals surface area contributed by atoms with E-state index in [2.05, 4.69) is 5.32 Å². The fourth-order valence-corrected chi connectivity index (χ4v) is 3.69. The summed E-state index contributed by atoms with van der Waals surface area (Å²) in [5.74, 6) is -0.708. The lowest BCUT2D eigenvalue weighted by molar-refractivity contribution is 0.0531. The zero-order valence-electron chi connectivity index (χ0n) is 15.9. The Morgan fingerprint density at radius 3 is 2.67 bits per heavy atom. The Labute approximate surface area is 188 Å². The van der Waals surface area contributed by atoms with Gasteiger partial charge in [0.15, 0.2) is 5.75 Å². The van der Waals surface area contributed by atoms with Crippen molar-refractivity contribution in [3.63, 3.8) is 0 Å². The zero-order chi connectivity index (χ0) is 22.2. The lowest BCUT2D eigenvalue weighted by Gasteiger charge is -2.18. The van der Waals surface area contributed by atoms with Gasteiger partial charge in [0.25, 0.3) is 5.56 Å². The number of pyridine rings is 2. The molecule has 0 aliphatic rings. The number of aryl methyl sites for hydroxylation is 2. The van der Waals surface area contributed by atoms with Crippen molar-refractivity contribution in [1.82, 2.24) is 9.13 Å². The SMILES string of the molecule is Cn1cc(OC[C@H](O)CO)c(=O)c2c(Nc3ccc(I)cc3F)c(Cl)c(=O)n(C)c21. The first kappa shape index (κ1) is 22.5. The van der Waals surface area contributed by atoms with E-state index in [1.807, 2.05) is 22.6 Å². The van der Waals surface area contributed by atoms with E-state index in [1.54, 1.807) is 13.1 Å². The monoisotopic (exact) mass is 549 g/mol. The highest BCUT2D eigenvalue weighted by atomic mass is 127. The summed E-state index contributed by atoms with van der Waals surface area (Å²) in [7, 11) is 3.06. The number of aliphatic hydroxyl groups is 2. The summed E-state index contributed by atoms with van der Waals surface area (Å²) in [6.45, 7) is -0.849. The number of anilines is 2. The first-order chi connectivity index (χ1) is 14.1. The molecule has 8 nitrogen and oxygen atoms in total. The molecule has 0 aliphatic heterocycles. The van der Waals surface area contributed by atoms with Crippen LogP contribution in [0.5, 0.6) is 5.75 Å². The number of hydrogen-bond acceptors (Lipinski definition) is 6. The average Bonchev–Trinajstić information content (AvgIpc) is 2.71. The second-order valence-electron chi connectivity index (χ2n) is 6.58. The molecule has 3 N–H and O–H groups in total. The smallest absolute Gasteiger partial charge is 0.272 e. The van der Waals surface area contributed by atoms with Crippen LogP contribution in [0.2, 0.25) is 5.02 Å². The van der Waals surface area contributed by atoms with Gasteiger partial charge in [-0.2, -0.15) is 0 Å². The average molecular weight is 550 g/mol. The van der Waals surface area contributed by atoms with E-state index in [0.717, 1.165) is 0 Å². The van der Waals surface area contributed by atoms with Crippen LogP contribution >= 0.6 is 34.2 Å². The number of rotatable bonds is 6. The van der Waals surface area contributed by atoms with Crippen LogP contribution in [0.25, 0.3) is 11.0 Å². The van der Waals surface area contributed by atoms with Gasteiger partial charge in [-0.25, -0.2) is 4.39 Å². The summed E-state index contributed by atoms with van der Waals surface area (Å²) >= 11 is 8.22. The van der Waals surface area contributed by atoms with Crippen molar-refractivity contribution in [3.05, 3.63) is 59.4 Å². The van der Waals surface area contributed by atoms with Crippen LogP contribution in [0.4, 0.5) is 15.8 Å². The predicted octanol–water partition coefficient (Wildman–Crippen LogP) is 2.11. The van der Waals surface area contributed by atoms with E-state index < -0.39 is 29.5 Å². The van der Waals surface area contributed by atoms with Gasteiger partial charge < -0.3 is 24.8 Å². The molecule has 0 unspecified atom stereocenters. The van der Waals surface area contributed by atoms with Crippen molar-refractivity contribution in [2.75, 3.05) is 18.5 Å². The molecule has 2 aromatic heterocycles. The molecule has 160 valence electrons. The van der Waals surface area contributed by atoms with Crippen molar-refractivity contribution in [2.45, 2.75) is 6.10 Å². The van der Waals surface area contributed by atoms with E-state index in [1.165, 1.54) is 34.5 Å². The van der Waals surface area contributed by atoms with Crippen LogP contribution in [0, 0.1) is 9.39 Å². The Kier molecular flexibility index (Phi) is 6.70. The third kappa shape index (κ3) is 4.17. The molecule has 0 saturated heterocycles. The quantitative estimate of drug-likeness (QED) is 0.407. The van der Waals surface area contributed by atoms with Crippen molar-refractivity contribution < 1.29 is 19.3 Å². The minimum atomic E-state index is -1.17. The fourth-order valence-electron chi connectivity index (χ4n) is 2.97. The summed E-state index contributed by atoms with van der Waals surface area (Å²) < 4.78 is 23.1. The number of ether oxygens (including phenoxy) is 1. The van der Waals surface area contributed by atoms with Crippen LogP contribution in [-0.4, -0.2) is 38.7 Å². The Morgan fingerprint density at radius 2 is 2.03 bits per heavy atom. The third-order valence-electron chi connectivity index (χ3n) is 4.43. The highest BCUT2D eigenvalue weighted by Gasteiger charge is 2.22. The normalized spacial score (nSPS) is 12.2. The molecule has 0 bridgehead atoms. The second-order valence-corrected chi connectivity index (χ2v) is 8.21. The van der Waals surface area contributed by atoms with Gasteiger partial charge in [-0.15, -0.1) is 0 Å². The zero-order valence-corrected chi connectivity index (χ0v) is 18.9. The molecular formula is C19H18ClFIN3O5. The molecule has 0 fully saturated rings. The van der Waals surface area contributed by atoms with Crippen molar-refractivity contribution >= 4 is 56.6 Å². The largest absolute Gasteiger partial charge is 0.485 e. The molecule has 0 radical (unpaired) electrons. The van der Waals surface area contributed by atoms with Gasteiger partial charge in [0, 0.05) is 17.7 Å². The molecule has 2 heterocycles. The van der Waals surface area contributed by atoms with Crippen molar-refractivity contribution in [3.8, 4) is 5.75 Å². The first-order valence-corrected chi connectivity index (χ1v) is 10.2. The van der Waals surface area contributed by atoms with Crippen LogP contribution in [0.3, 0.4) is 0 Å².